The zero-order valence-corrected chi connectivity index (χ0v) is 18.0. The number of aromatic amines is 1. The number of fused-ring (bicyclic) bond motifs is 1. The van der Waals surface area contributed by atoms with Gasteiger partial charge in [-0.3, -0.25) is 9.69 Å². The van der Waals surface area contributed by atoms with Crippen LogP contribution in [0.3, 0.4) is 0 Å². The fraction of sp³-hybridized carbons (Fsp3) is 0.292. The Hall–Kier alpha value is -3.49. The Kier molecular flexibility index (Phi) is 5.70. The van der Waals surface area contributed by atoms with E-state index in [0.717, 1.165) is 41.7 Å². The maximum atomic E-state index is 12.9. The lowest BCUT2D eigenvalue weighted by molar-refractivity contribution is 0.0628. The molecule has 0 atom stereocenters. The van der Waals surface area contributed by atoms with E-state index in [4.69, 9.17) is 9.26 Å². The van der Waals surface area contributed by atoms with E-state index in [-0.39, 0.29) is 5.91 Å². The predicted molar refractivity (Wildman–Crippen MR) is 120 cm³/mol. The number of nitrogens with one attached hydrogen (secondary N) is 1. The Balaban J connectivity index is 1.20. The predicted octanol–water partition coefficient (Wildman–Crippen LogP) is 3.32. The molecule has 0 aliphatic carbocycles. The van der Waals surface area contributed by atoms with Gasteiger partial charge in [-0.25, -0.2) is 0 Å². The highest BCUT2D eigenvalue weighted by molar-refractivity contribution is 5.98. The summed E-state index contributed by atoms with van der Waals surface area (Å²) >= 11 is 0. The summed E-state index contributed by atoms with van der Waals surface area (Å²) in [5.41, 5.74) is 3.82. The first kappa shape index (κ1) is 20.4. The number of amides is 1. The minimum atomic E-state index is 0.0899. The van der Waals surface area contributed by atoms with E-state index in [0.29, 0.717) is 31.4 Å². The SMILES string of the molecule is COCc1nc(-c2cccc(CN3CCN(C(=O)c4ccc5cc[nH]c5c4)CC3)c2)no1. The molecule has 1 aliphatic rings. The van der Waals surface area contributed by atoms with E-state index in [2.05, 4.69) is 32.2 Å². The number of aromatic nitrogens is 3. The van der Waals surface area contributed by atoms with Crippen LogP contribution in [-0.4, -0.2) is 64.1 Å². The third-order valence-electron chi connectivity index (χ3n) is 5.79. The van der Waals surface area contributed by atoms with Crippen molar-refractivity contribution in [3.63, 3.8) is 0 Å². The number of ether oxygens (including phenoxy) is 1. The summed E-state index contributed by atoms with van der Waals surface area (Å²) in [4.78, 5) is 24.8. The first-order valence-electron chi connectivity index (χ1n) is 10.7. The largest absolute Gasteiger partial charge is 0.375 e. The Bertz CT molecular complexity index is 1220. The van der Waals surface area contributed by atoms with E-state index in [1.807, 2.05) is 47.5 Å². The Morgan fingerprint density at radius 1 is 1.12 bits per heavy atom. The first-order valence-corrected chi connectivity index (χ1v) is 10.7. The van der Waals surface area contributed by atoms with Gasteiger partial charge in [-0.15, -0.1) is 0 Å². The summed E-state index contributed by atoms with van der Waals surface area (Å²) in [6.07, 6.45) is 1.89. The molecule has 0 bridgehead atoms. The van der Waals surface area contributed by atoms with Crippen LogP contribution in [-0.2, 0) is 17.9 Å². The van der Waals surface area contributed by atoms with Crippen LogP contribution < -0.4 is 0 Å². The van der Waals surface area contributed by atoms with Gasteiger partial charge in [-0.05, 0) is 35.2 Å². The minimum absolute atomic E-state index is 0.0899. The standard InChI is InChI=1S/C24H25N5O3/c1-31-16-22-26-23(27-32-22)19-4-2-3-17(13-19)15-28-9-11-29(12-10-28)24(30)20-6-5-18-7-8-25-21(18)14-20/h2-8,13-14,25H,9-12,15-16H2,1H3. The van der Waals surface area contributed by atoms with E-state index < -0.39 is 0 Å². The number of rotatable bonds is 6. The highest BCUT2D eigenvalue weighted by atomic mass is 16.5. The van der Waals surface area contributed by atoms with Crippen LogP contribution in [0, 0.1) is 0 Å². The number of benzene rings is 2. The molecule has 5 rings (SSSR count). The molecule has 2 aromatic carbocycles. The van der Waals surface area contributed by atoms with E-state index in [1.54, 1.807) is 7.11 Å². The number of methoxy groups -OCH3 is 1. The highest BCUT2D eigenvalue weighted by Crippen LogP contribution is 2.20. The number of carbonyl (C=O) groups excluding carboxylic acids is 1. The molecule has 4 aromatic rings. The molecule has 1 amide bonds. The van der Waals surface area contributed by atoms with Crippen LogP contribution in [0.2, 0.25) is 0 Å². The van der Waals surface area contributed by atoms with E-state index >= 15 is 0 Å². The molecule has 8 heteroatoms. The zero-order chi connectivity index (χ0) is 21.9. The van der Waals surface area contributed by atoms with Gasteiger partial charge in [0.1, 0.15) is 6.61 Å². The van der Waals surface area contributed by atoms with Crippen LogP contribution >= 0.6 is 0 Å². The van der Waals surface area contributed by atoms with Crippen molar-refractivity contribution < 1.29 is 14.1 Å². The number of hydrogen-bond donors (Lipinski definition) is 1. The lowest BCUT2D eigenvalue weighted by Gasteiger charge is -2.34. The van der Waals surface area contributed by atoms with Gasteiger partial charge in [0.2, 0.25) is 5.82 Å². The number of carbonyl (C=O) groups is 1. The number of hydrogen-bond acceptors (Lipinski definition) is 6. The molecule has 1 fully saturated rings. The summed E-state index contributed by atoms with van der Waals surface area (Å²) in [6.45, 7) is 4.21. The minimum Gasteiger partial charge on any atom is -0.375 e. The summed E-state index contributed by atoms with van der Waals surface area (Å²) in [5, 5.41) is 5.16. The quantitative estimate of drug-likeness (QED) is 0.504. The maximum absolute atomic E-state index is 12.9. The highest BCUT2D eigenvalue weighted by Gasteiger charge is 2.22. The molecule has 8 nitrogen and oxygen atoms in total. The molecule has 1 aliphatic heterocycles. The second-order valence-electron chi connectivity index (χ2n) is 7.99. The van der Waals surface area contributed by atoms with Gasteiger partial charge in [-0.1, -0.05) is 29.4 Å². The molecular formula is C24H25N5O3. The van der Waals surface area contributed by atoms with Crippen molar-refractivity contribution >= 4 is 16.8 Å². The van der Waals surface area contributed by atoms with Crippen LogP contribution in [0.5, 0.6) is 0 Å². The molecule has 0 saturated carbocycles. The van der Waals surface area contributed by atoms with Crippen LogP contribution in [0.15, 0.2) is 59.3 Å². The van der Waals surface area contributed by atoms with Gasteiger partial charge in [0, 0.05) is 62.7 Å². The monoisotopic (exact) mass is 431 g/mol. The summed E-state index contributed by atoms with van der Waals surface area (Å²) in [6, 6.07) is 16.0. The fourth-order valence-corrected chi connectivity index (χ4v) is 4.09. The van der Waals surface area contributed by atoms with Gasteiger partial charge >= 0.3 is 0 Å². The lowest BCUT2D eigenvalue weighted by Crippen LogP contribution is -2.48. The van der Waals surface area contributed by atoms with Crippen molar-refractivity contribution in [2.75, 3.05) is 33.3 Å². The molecule has 0 spiro atoms. The van der Waals surface area contributed by atoms with Crippen LogP contribution in [0.1, 0.15) is 21.8 Å². The molecule has 164 valence electrons. The van der Waals surface area contributed by atoms with Crippen molar-refractivity contribution in [3.8, 4) is 11.4 Å². The summed E-state index contributed by atoms with van der Waals surface area (Å²) in [7, 11) is 1.60. The lowest BCUT2D eigenvalue weighted by atomic mass is 10.1. The molecule has 1 saturated heterocycles. The average molecular weight is 431 g/mol. The zero-order valence-electron chi connectivity index (χ0n) is 18.0. The molecule has 2 aromatic heterocycles. The molecule has 1 N–H and O–H groups in total. The number of piperazine rings is 1. The molecule has 32 heavy (non-hydrogen) atoms. The maximum Gasteiger partial charge on any atom is 0.254 e. The molecular weight excluding hydrogens is 406 g/mol. The Morgan fingerprint density at radius 3 is 2.84 bits per heavy atom. The van der Waals surface area contributed by atoms with Gasteiger partial charge in [0.15, 0.2) is 0 Å². The van der Waals surface area contributed by atoms with Gasteiger partial charge in [0.05, 0.1) is 0 Å². The molecule has 0 unspecified atom stereocenters. The molecule has 0 radical (unpaired) electrons. The number of H-pyrrole nitrogens is 1. The van der Waals surface area contributed by atoms with Crippen molar-refractivity contribution in [1.82, 2.24) is 24.9 Å². The van der Waals surface area contributed by atoms with E-state index in [9.17, 15) is 4.79 Å². The van der Waals surface area contributed by atoms with Crippen LogP contribution in [0.25, 0.3) is 22.3 Å². The first-order chi connectivity index (χ1) is 15.7. The van der Waals surface area contributed by atoms with Crippen LogP contribution in [0.4, 0.5) is 0 Å². The normalized spacial score (nSPS) is 14.8. The van der Waals surface area contributed by atoms with Gasteiger partial charge in [-0.2, -0.15) is 4.98 Å². The third kappa shape index (κ3) is 4.28. The second-order valence-corrected chi connectivity index (χ2v) is 7.99. The van der Waals surface area contributed by atoms with Crippen molar-refractivity contribution in [2.45, 2.75) is 13.2 Å². The Labute approximate surface area is 185 Å². The van der Waals surface area contributed by atoms with Gasteiger partial charge in [0.25, 0.3) is 11.8 Å². The summed E-state index contributed by atoms with van der Waals surface area (Å²) < 4.78 is 10.2. The number of nitrogens with zero attached hydrogens (tertiary/aromatic N) is 4. The smallest absolute Gasteiger partial charge is 0.254 e. The second kappa shape index (κ2) is 8.94. The van der Waals surface area contributed by atoms with Crippen molar-refractivity contribution in [2.24, 2.45) is 0 Å². The topological polar surface area (TPSA) is 87.5 Å². The Morgan fingerprint density at radius 2 is 2.00 bits per heavy atom. The van der Waals surface area contributed by atoms with Gasteiger partial charge < -0.3 is 19.1 Å². The third-order valence-corrected chi connectivity index (χ3v) is 5.79. The van der Waals surface area contributed by atoms with Crippen molar-refractivity contribution in [3.05, 3.63) is 71.7 Å². The molecule has 3 heterocycles. The van der Waals surface area contributed by atoms with Crippen molar-refractivity contribution in [1.29, 1.82) is 0 Å². The average Bonchev–Trinajstić information content (AvgIpc) is 3.49. The van der Waals surface area contributed by atoms with E-state index in [1.165, 1.54) is 5.56 Å². The summed E-state index contributed by atoms with van der Waals surface area (Å²) in [5.74, 6) is 1.12. The fourth-order valence-electron chi connectivity index (χ4n) is 4.09.